The van der Waals surface area contributed by atoms with Crippen molar-refractivity contribution < 1.29 is 31.2 Å². The first-order valence-electron chi connectivity index (χ1n) is 10.9. The number of aromatic nitrogens is 4. The molecule has 3 aromatic rings. The Morgan fingerprint density at radius 2 is 2.09 bits per heavy atom. The van der Waals surface area contributed by atoms with Crippen LogP contribution in [-0.2, 0) is 0 Å². The molecule has 13 heteroatoms. The van der Waals surface area contributed by atoms with E-state index in [-0.39, 0.29) is 28.8 Å². The molecule has 0 amide bonds. The molecule has 6 rings (SSSR count). The van der Waals surface area contributed by atoms with Gasteiger partial charge in [-0.3, -0.25) is 0 Å². The predicted octanol–water partition coefficient (Wildman–Crippen LogP) is 3.93. The Bertz CT molecular complexity index is 1240. The van der Waals surface area contributed by atoms with E-state index in [0.717, 1.165) is 37.5 Å². The van der Waals surface area contributed by atoms with E-state index in [1.165, 1.54) is 22.8 Å². The number of hydrogen-bond acceptors (Lipinski definition) is 7. The van der Waals surface area contributed by atoms with Crippen molar-refractivity contribution >= 4 is 17.5 Å². The van der Waals surface area contributed by atoms with Crippen LogP contribution < -0.4 is 15.0 Å². The molecule has 8 nitrogen and oxygen atoms in total. The molecule has 3 aromatic heterocycles. The zero-order valence-corrected chi connectivity index (χ0v) is 18.0. The molecule has 0 radical (unpaired) electrons. The lowest BCUT2D eigenvalue weighted by Gasteiger charge is -2.65. The summed E-state index contributed by atoms with van der Waals surface area (Å²) in [5.74, 6) is -3.35. The van der Waals surface area contributed by atoms with Crippen molar-refractivity contribution in [3.63, 3.8) is 0 Å². The van der Waals surface area contributed by atoms with E-state index >= 15 is 0 Å². The number of anilines is 2. The van der Waals surface area contributed by atoms with Gasteiger partial charge >= 0.3 is 12.1 Å². The van der Waals surface area contributed by atoms with Crippen LogP contribution in [0.2, 0.25) is 0 Å². The Balaban J connectivity index is 1.19. The van der Waals surface area contributed by atoms with Crippen LogP contribution in [0.1, 0.15) is 18.5 Å². The largest absolute Gasteiger partial charge is 0.483 e. The van der Waals surface area contributed by atoms with Gasteiger partial charge in [-0.2, -0.15) is 26.9 Å². The van der Waals surface area contributed by atoms with E-state index in [9.17, 15) is 22.0 Å². The molecule has 4 atom stereocenters. The van der Waals surface area contributed by atoms with Gasteiger partial charge in [0.1, 0.15) is 0 Å². The average Bonchev–Trinajstić information content (AvgIpc) is 3.46. The molecule has 3 fully saturated rings. The van der Waals surface area contributed by atoms with Crippen molar-refractivity contribution in [3.05, 3.63) is 30.1 Å². The van der Waals surface area contributed by atoms with Crippen LogP contribution in [0.25, 0.3) is 5.65 Å². The number of alkyl halides is 5. The fraction of sp³-hybridized carbons (Fsp3) is 0.571. The van der Waals surface area contributed by atoms with Crippen LogP contribution in [0.3, 0.4) is 0 Å². The summed E-state index contributed by atoms with van der Waals surface area (Å²) in [5, 5.41) is 11.7. The van der Waals surface area contributed by atoms with E-state index in [1.54, 1.807) is 0 Å². The minimum atomic E-state index is -5.70. The highest BCUT2D eigenvalue weighted by Gasteiger charge is 2.70. The van der Waals surface area contributed by atoms with Crippen LogP contribution in [0, 0.1) is 24.2 Å². The number of nitrogens with zero attached hydrogens (tertiary/aromatic N) is 5. The quantitative estimate of drug-likeness (QED) is 0.531. The normalized spacial score (nSPS) is 28.3. The number of rotatable bonds is 6. The second kappa shape index (κ2) is 6.95. The standard InChI is InChI=1S/C21H21F5N6O2/c1-11-7-15(34-30-11)31-8-13-16(12-4-5-19(12,13)9-31)27-18-28-17-14(3-2-6-32(17)29-18)33-10-20(22,23)21(24,25)26/h2-3,6-7,12-13,16H,4-5,8-10H2,1H3,(H,27,29)/t12-,13-,16+,19?/m0/s1. The van der Waals surface area contributed by atoms with Gasteiger partial charge < -0.3 is 19.5 Å². The number of nitrogens with one attached hydrogen (secondary N) is 1. The molecule has 1 spiro atoms. The Kier molecular flexibility index (Phi) is 4.38. The molecule has 0 bridgehead atoms. The Morgan fingerprint density at radius 3 is 2.76 bits per heavy atom. The molecule has 1 aliphatic heterocycles. The first kappa shape index (κ1) is 21.4. The van der Waals surface area contributed by atoms with Gasteiger partial charge in [-0.05, 0) is 43.2 Å². The highest BCUT2D eigenvalue weighted by Crippen LogP contribution is 2.68. The van der Waals surface area contributed by atoms with Gasteiger partial charge in [0.2, 0.25) is 11.8 Å². The predicted molar refractivity (Wildman–Crippen MR) is 109 cm³/mol. The second-order valence-electron chi connectivity index (χ2n) is 9.41. The molecule has 2 aliphatic carbocycles. The van der Waals surface area contributed by atoms with Gasteiger partial charge in [0.25, 0.3) is 0 Å². The maximum Gasteiger partial charge on any atom is 0.456 e. The maximum atomic E-state index is 13.3. The fourth-order valence-electron chi connectivity index (χ4n) is 5.79. The van der Waals surface area contributed by atoms with E-state index < -0.39 is 18.7 Å². The smallest absolute Gasteiger partial charge is 0.456 e. The first-order chi connectivity index (χ1) is 16.1. The van der Waals surface area contributed by atoms with Crippen molar-refractivity contribution in [1.29, 1.82) is 0 Å². The van der Waals surface area contributed by atoms with Crippen LogP contribution in [0.5, 0.6) is 5.75 Å². The van der Waals surface area contributed by atoms with Crippen molar-refractivity contribution in [2.24, 2.45) is 17.3 Å². The van der Waals surface area contributed by atoms with Crippen LogP contribution in [-0.4, -0.2) is 57.6 Å². The number of aryl methyl sites for hydroxylation is 1. The summed E-state index contributed by atoms with van der Waals surface area (Å²) in [6, 6.07) is 4.78. The number of halogens is 5. The van der Waals surface area contributed by atoms with E-state index in [0.29, 0.717) is 11.8 Å². The molecular formula is C21H21F5N6O2. The third-order valence-corrected chi connectivity index (χ3v) is 7.54. The maximum absolute atomic E-state index is 13.3. The molecule has 3 aliphatic rings. The summed E-state index contributed by atoms with van der Waals surface area (Å²) < 4.78 is 75.6. The van der Waals surface area contributed by atoms with Crippen LogP contribution in [0.4, 0.5) is 33.8 Å². The van der Waals surface area contributed by atoms with Gasteiger partial charge in [-0.15, -0.1) is 5.10 Å². The van der Waals surface area contributed by atoms with Crippen molar-refractivity contribution in [2.75, 3.05) is 29.9 Å². The van der Waals surface area contributed by atoms with Gasteiger partial charge in [-0.25, -0.2) is 4.52 Å². The Labute approximate surface area is 190 Å². The third-order valence-electron chi connectivity index (χ3n) is 7.54. The summed E-state index contributed by atoms with van der Waals surface area (Å²) >= 11 is 0. The molecule has 182 valence electrons. The minimum Gasteiger partial charge on any atom is -0.483 e. The molecule has 1 saturated heterocycles. The van der Waals surface area contributed by atoms with Gasteiger partial charge in [0.15, 0.2) is 18.0 Å². The average molecular weight is 484 g/mol. The SMILES string of the molecule is Cc1cc(N2C[C@H]3[C@H](Nc4nc5c(OCC(F)(F)C(F)(F)F)cccn5n4)[C@@H]4CCC43C2)on1. The molecule has 0 aromatic carbocycles. The highest BCUT2D eigenvalue weighted by atomic mass is 19.4. The second-order valence-corrected chi connectivity index (χ2v) is 9.41. The topological polar surface area (TPSA) is 80.7 Å². The van der Waals surface area contributed by atoms with Gasteiger partial charge in [0, 0.05) is 37.3 Å². The number of pyridine rings is 1. The molecule has 4 heterocycles. The monoisotopic (exact) mass is 484 g/mol. The minimum absolute atomic E-state index is 0.0624. The van der Waals surface area contributed by atoms with E-state index in [2.05, 4.69) is 25.5 Å². The number of fused-ring (bicyclic) bond motifs is 1. The van der Waals surface area contributed by atoms with Gasteiger partial charge in [-0.1, -0.05) is 5.16 Å². The molecule has 1 N–H and O–H groups in total. The zero-order valence-electron chi connectivity index (χ0n) is 18.0. The summed E-state index contributed by atoms with van der Waals surface area (Å²) in [4.78, 5) is 6.53. The van der Waals surface area contributed by atoms with Crippen LogP contribution >= 0.6 is 0 Å². The zero-order chi connectivity index (χ0) is 23.9. The molecule has 34 heavy (non-hydrogen) atoms. The summed E-state index contributed by atoms with van der Waals surface area (Å²) in [6.45, 7) is 1.75. The fourth-order valence-corrected chi connectivity index (χ4v) is 5.79. The lowest BCUT2D eigenvalue weighted by Crippen LogP contribution is -2.68. The van der Waals surface area contributed by atoms with Crippen molar-refractivity contribution in [1.82, 2.24) is 19.8 Å². The first-order valence-corrected chi connectivity index (χ1v) is 10.9. The summed E-state index contributed by atoms with van der Waals surface area (Å²) in [7, 11) is 0. The third kappa shape index (κ3) is 3.04. The van der Waals surface area contributed by atoms with E-state index in [1.807, 2.05) is 13.0 Å². The van der Waals surface area contributed by atoms with Crippen molar-refractivity contribution in [3.8, 4) is 5.75 Å². The number of hydrogen-bond donors (Lipinski definition) is 1. The number of ether oxygens (including phenoxy) is 1. The Morgan fingerprint density at radius 1 is 1.26 bits per heavy atom. The lowest BCUT2D eigenvalue weighted by molar-refractivity contribution is -0.289. The molecule has 1 unspecified atom stereocenters. The molecular weight excluding hydrogens is 463 g/mol. The summed E-state index contributed by atoms with van der Waals surface area (Å²) in [5.41, 5.74) is 1.11. The van der Waals surface area contributed by atoms with Gasteiger partial charge in [0.05, 0.1) is 5.69 Å². The molecule has 2 saturated carbocycles. The van der Waals surface area contributed by atoms with E-state index in [4.69, 9.17) is 9.26 Å². The van der Waals surface area contributed by atoms with Crippen LogP contribution in [0.15, 0.2) is 28.9 Å². The van der Waals surface area contributed by atoms with Crippen molar-refractivity contribution in [2.45, 2.75) is 37.9 Å². The Hall–Kier alpha value is -3.12. The summed E-state index contributed by atoms with van der Waals surface area (Å²) in [6.07, 6.45) is -1.96. The lowest BCUT2D eigenvalue weighted by atomic mass is 9.41. The highest BCUT2D eigenvalue weighted by molar-refractivity contribution is 5.56.